The molecule has 102 valence electrons. The Bertz CT molecular complexity index is 371. The van der Waals surface area contributed by atoms with Crippen LogP contribution in [0.3, 0.4) is 0 Å². The molecule has 0 aliphatic rings. The summed E-state index contributed by atoms with van der Waals surface area (Å²) in [6, 6.07) is 5.60. The molecule has 0 aromatic heterocycles. The van der Waals surface area contributed by atoms with E-state index in [9.17, 15) is 4.39 Å². The molecule has 4 heteroatoms. The summed E-state index contributed by atoms with van der Waals surface area (Å²) >= 11 is 1.84. The first-order valence-corrected chi connectivity index (χ1v) is 7.69. The molecule has 0 aliphatic carbocycles. The van der Waals surface area contributed by atoms with E-state index < -0.39 is 0 Å². The van der Waals surface area contributed by atoms with Crippen molar-refractivity contribution < 1.29 is 4.39 Å². The van der Waals surface area contributed by atoms with Gasteiger partial charge in [-0.2, -0.15) is 11.8 Å². The van der Waals surface area contributed by atoms with Gasteiger partial charge in [0.2, 0.25) is 0 Å². The number of nitrogens with zero attached hydrogens (tertiary/aromatic N) is 1. The number of nitrogens with two attached hydrogens (primary N) is 1. The monoisotopic (exact) mass is 270 g/mol. The lowest BCUT2D eigenvalue weighted by Gasteiger charge is -2.27. The van der Waals surface area contributed by atoms with E-state index in [0.717, 1.165) is 29.8 Å². The molecule has 1 rings (SSSR count). The van der Waals surface area contributed by atoms with Crippen LogP contribution in [0.4, 0.5) is 10.1 Å². The number of benzene rings is 1. The van der Waals surface area contributed by atoms with E-state index in [2.05, 4.69) is 18.1 Å². The third-order valence-electron chi connectivity index (χ3n) is 3.18. The van der Waals surface area contributed by atoms with Gasteiger partial charge in [-0.25, -0.2) is 4.39 Å². The second-order valence-corrected chi connectivity index (χ2v) is 5.58. The fourth-order valence-corrected chi connectivity index (χ4v) is 2.46. The molecular weight excluding hydrogens is 247 g/mol. The number of hydrogen-bond donors (Lipinski definition) is 1. The zero-order chi connectivity index (χ0) is 13.5. The highest BCUT2D eigenvalue weighted by molar-refractivity contribution is 7.98. The van der Waals surface area contributed by atoms with Crippen LogP contribution < -0.4 is 10.6 Å². The predicted octanol–water partition coefficient (Wildman–Crippen LogP) is 2.90. The number of rotatable bonds is 7. The van der Waals surface area contributed by atoms with Crippen molar-refractivity contribution in [2.24, 2.45) is 5.73 Å². The average Bonchev–Trinajstić information content (AvgIpc) is 2.34. The normalized spacial score (nSPS) is 12.5. The Kier molecular flexibility index (Phi) is 6.50. The Morgan fingerprint density at radius 1 is 1.39 bits per heavy atom. The lowest BCUT2D eigenvalue weighted by Crippen LogP contribution is -2.29. The molecular formula is C14H23FN2S. The molecule has 0 aliphatic heterocycles. The summed E-state index contributed by atoms with van der Waals surface area (Å²) in [5, 5.41) is 0. The molecule has 0 spiro atoms. The molecule has 0 saturated carbocycles. The maximum absolute atomic E-state index is 13.6. The highest BCUT2D eigenvalue weighted by Gasteiger charge is 2.11. The van der Waals surface area contributed by atoms with E-state index in [1.807, 2.05) is 24.9 Å². The summed E-state index contributed by atoms with van der Waals surface area (Å²) in [4.78, 5) is 2.14. The maximum Gasteiger partial charge on any atom is 0.125 e. The first-order valence-electron chi connectivity index (χ1n) is 6.29. The molecule has 18 heavy (non-hydrogen) atoms. The number of halogens is 1. The molecule has 0 fully saturated rings. The van der Waals surface area contributed by atoms with Crippen LogP contribution >= 0.6 is 11.8 Å². The highest BCUT2D eigenvalue weighted by atomic mass is 32.2. The van der Waals surface area contributed by atoms with E-state index in [1.54, 1.807) is 12.1 Å². The molecule has 0 bridgehead atoms. The molecule has 0 saturated heterocycles. The van der Waals surface area contributed by atoms with Crippen LogP contribution in [0.5, 0.6) is 0 Å². The van der Waals surface area contributed by atoms with Crippen molar-refractivity contribution in [2.75, 3.05) is 30.5 Å². The van der Waals surface area contributed by atoms with Gasteiger partial charge in [-0.05, 0) is 62.1 Å². The zero-order valence-corrected chi connectivity index (χ0v) is 12.3. The first kappa shape index (κ1) is 15.3. The summed E-state index contributed by atoms with van der Waals surface area (Å²) in [6.45, 7) is 2.72. The third-order valence-corrected chi connectivity index (χ3v) is 3.83. The molecule has 1 unspecified atom stereocenters. The van der Waals surface area contributed by atoms with Gasteiger partial charge >= 0.3 is 0 Å². The lowest BCUT2D eigenvalue weighted by atomic mass is 10.1. The van der Waals surface area contributed by atoms with Crippen molar-refractivity contribution in [3.63, 3.8) is 0 Å². The van der Waals surface area contributed by atoms with Crippen LogP contribution in [0.2, 0.25) is 0 Å². The number of hydrogen-bond acceptors (Lipinski definition) is 3. The first-order chi connectivity index (χ1) is 8.58. The highest BCUT2D eigenvalue weighted by Crippen LogP contribution is 2.21. The lowest BCUT2D eigenvalue weighted by molar-refractivity contribution is 0.619. The molecule has 1 aromatic rings. The Balaban J connectivity index is 2.80. The van der Waals surface area contributed by atoms with E-state index >= 15 is 0 Å². The van der Waals surface area contributed by atoms with Gasteiger partial charge in [0, 0.05) is 18.8 Å². The third kappa shape index (κ3) is 4.50. The van der Waals surface area contributed by atoms with Crippen LogP contribution in [0.1, 0.15) is 18.9 Å². The Morgan fingerprint density at radius 3 is 2.72 bits per heavy atom. The minimum atomic E-state index is -0.181. The summed E-state index contributed by atoms with van der Waals surface area (Å²) in [5.41, 5.74) is 7.43. The van der Waals surface area contributed by atoms with Crippen LogP contribution in [0, 0.1) is 5.82 Å². The smallest absolute Gasteiger partial charge is 0.125 e. The van der Waals surface area contributed by atoms with Crippen LogP contribution in [0.15, 0.2) is 18.2 Å². The molecule has 0 heterocycles. The molecule has 0 radical (unpaired) electrons. The number of anilines is 1. The summed E-state index contributed by atoms with van der Waals surface area (Å²) in [5.74, 6) is 0.941. The van der Waals surface area contributed by atoms with E-state index in [0.29, 0.717) is 12.6 Å². The molecule has 1 atom stereocenters. The van der Waals surface area contributed by atoms with E-state index in [1.165, 1.54) is 0 Å². The van der Waals surface area contributed by atoms with Gasteiger partial charge in [0.1, 0.15) is 5.82 Å². The van der Waals surface area contributed by atoms with Gasteiger partial charge < -0.3 is 10.6 Å². The Labute approximate surface area is 114 Å². The predicted molar refractivity (Wildman–Crippen MR) is 80.0 cm³/mol. The second kappa shape index (κ2) is 7.64. The molecule has 2 nitrogen and oxygen atoms in total. The Hall–Kier alpha value is -0.740. The van der Waals surface area contributed by atoms with E-state index in [-0.39, 0.29) is 5.82 Å². The van der Waals surface area contributed by atoms with Gasteiger partial charge in [0.25, 0.3) is 0 Å². The zero-order valence-electron chi connectivity index (χ0n) is 11.4. The average molecular weight is 270 g/mol. The van der Waals surface area contributed by atoms with Crippen molar-refractivity contribution in [3.8, 4) is 0 Å². The standard InChI is InChI=1S/C14H23FN2S/c1-11(5-7-18-3)17(2)14-9-12(4-6-16)8-13(15)10-14/h8-11H,4-7,16H2,1-3H3. The summed E-state index contributed by atoms with van der Waals surface area (Å²) in [6.07, 6.45) is 3.92. The van der Waals surface area contributed by atoms with E-state index in [4.69, 9.17) is 5.73 Å². The van der Waals surface area contributed by atoms with Gasteiger partial charge in [-0.3, -0.25) is 0 Å². The molecule has 0 amide bonds. The topological polar surface area (TPSA) is 29.3 Å². The van der Waals surface area contributed by atoms with Crippen molar-refractivity contribution in [1.82, 2.24) is 0 Å². The quantitative estimate of drug-likeness (QED) is 0.826. The summed E-state index contributed by atoms with van der Waals surface area (Å²) < 4.78 is 13.6. The Morgan fingerprint density at radius 2 is 2.11 bits per heavy atom. The SMILES string of the molecule is CSCCC(C)N(C)c1cc(F)cc(CCN)c1. The summed E-state index contributed by atoms with van der Waals surface area (Å²) in [7, 11) is 2.02. The van der Waals surface area contributed by atoms with Gasteiger partial charge in [-0.15, -0.1) is 0 Å². The molecule has 1 aromatic carbocycles. The molecule has 2 N–H and O–H groups in total. The van der Waals surface area contributed by atoms with Gasteiger partial charge in [0.05, 0.1) is 0 Å². The van der Waals surface area contributed by atoms with Crippen LogP contribution in [-0.2, 0) is 6.42 Å². The van der Waals surface area contributed by atoms with Crippen molar-refractivity contribution in [1.29, 1.82) is 0 Å². The van der Waals surface area contributed by atoms with Crippen LogP contribution in [-0.4, -0.2) is 31.6 Å². The van der Waals surface area contributed by atoms with Crippen LogP contribution in [0.25, 0.3) is 0 Å². The van der Waals surface area contributed by atoms with Crippen molar-refractivity contribution in [3.05, 3.63) is 29.6 Å². The van der Waals surface area contributed by atoms with Crippen molar-refractivity contribution >= 4 is 17.4 Å². The van der Waals surface area contributed by atoms with Crippen molar-refractivity contribution in [2.45, 2.75) is 25.8 Å². The van der Waals surface area contributed by atoms with Gasteiger partial charge in [-0.1, -0.05) is 0 Å². The fraction of sp³-hybridized carbons (Fsp3) is 0.571. The minimum Gasteiger partial charge on any atom is -0.372 e. The van der Waals surface area contributed by atoms with Gasteiger partial charge in [0.15, 0.2) is 0 Å². The second-order valence-electron chi connectivity index (χ2n) is 4.60. The number of thioether (sulfide) groups is 1. The minimum absolute atomic E-state index is 0.181. The maximum atomic E-state index is 13.6. The fourth-order valence-electron chi connectivity index (χ4n) is 1.88. The largest absolute Gasteiger partial charge is 0.372 e.